The topological polar surface area (TPSA) is 73.8 Å². The fraction of sp³-hybridized carbons (Fsp3) is 1.00. The fourth-order valence-corrected chi connectivity index (χ4v) is 3.43. The van der Waals surface area contributed by atoms with Crippen molar-refractivity contribution in [1.29, 1.82) is 0 Å². The lowest BCUT2D eigenvalue weighted by molar-refractivity contribution is -0.422. The maximum absolute atomic E-state index is 6.29. The fourth-order valence-electron chi connectivity index (χ4n) is 3.43. The van der Waals surface area contributed by atoms with E-state index in [1.807, 2.05) is 27.7 Å². The van der Waals surface area contributed by atoms with Crippen LogP contribution in [0.4, 0.5) is 0 Å². The molecular formula is C26H54O8. The Morgan fingerprint density at radius 3 is 1.32 bits per heavy atom. The summed E-state index contributed by atoms with van der Waals surface area (Å²) in [7, 11) is 0. The lowest BCUT2D eigenvalue weighted by Gasteiger charge is -2.39. The summed E-state index contributed by atoms with van der Waals surface area (Å²) in [5.74, 6) is -1.36. The Morgan fingerprint density at radius 1 is 0.471 bits per heavy atom. The van der Waals surface area contributed by atoms with Gasteiger partial charge in [0.15, 0.2) is 0 Å². The minimum absolute atomic E-state index is 0.332. The number of unbranched alkanes of at least 4 members (excludes halogenated alkanes) is 5. The molecule has 0 bridgehead atoms. The minimum Gasteiger partial charge on any atom is -0.379 e. The van der Waals surface area contributed by atoms with Gasteiger partial charge in [0.1, 0.15) is 6.10 Å². The Bertz CT molecular complexity index is 366. The molecule has 0 fully saturated rings. The van der Waals surface area contributed by atoms with Crippen molar-refractivity contribution in [2.45, 2.75) is 91.6 Å². The van der Waals surface area contributed by atoms with Crippen LogP contribution in [0.1, 0.15) is 79.6 Å². The summed E-state index contributed by atoms with van der Waals surface area (Å²) in [6.45, 7) is 15.9. The van der Waals surface area contributed by atoms with Crippen LogP contribution in [-0.2, 0) is 37.9 Å². The van der Waals surface area contributed by atoms with Gasteiger partial charge in [-0.1, -0.05) is 45.4 Å². The summed E-state index contributed by atoms with van der Waals surface area (Å²) >= 11 is 0. The second-order valence-electron chi connectivity index (χ2n) is 7.85. The van der Waals surface area contributed by atoms with Crippen LogP contribution in [0.3, 0.4) is 0 Å². The maximum Gasteiger partial charge on any atom is 0.311 e. The third kappa shape index (κ3) is 18.0. The summed E-state index contributed by atoms with van der Waals surface area (Å²) in [4.78, 5) is 0. The van der Waals surface area contributed by atoms with E-state index in [9.17, 15) is 0 Å². The second-order valence-corrected chi connectivity index (χ2v) is 7.85. The molecule has 0 aromatic carbocycles. The standard InChI is InChI=1S/C26H54O8/c1-6-11-12-13-14-15-16-25(31-21-17-27-7-2)26(32-22-18-28-8-3,33-23-19-29-9-4)34-24-20-30-10-5/h25H,6-24H2,1-5H3. The van der Waals surface area contributed by atoms with Crippen molar-refractivity contribution in [3.63, 3.8) is 0 Å². The molecule has 206 valence electrons. The Morgan fingerprint density at radius 2 is 0.882 bits per heavy atom. The molecule has 1 unspecified atom stereocenters. The van der Waals surface area contributed by atoms with E-state index < -0.39 is 12.1 Å². The first kappa shape index (κ1) is 33.7. The molecule has 8 nitrogen and oxygen atoms in total. The summed E-state index contributed by atoms with van der Waals surface area (Å²) in [5, 5.41) is 0. The van der Waals surface area contributed by atoms with Crippen LogP contribution in [-0.4, -0.2) is 91.4 Å². The van der Waals surface area contributed by atoms with Crippen LogP contribution in [0.25, 0.3) is 0 Å². The van der Waals surface area contributed by atoms with E-state index in [0.717, 1.165) is 19.3 Å². The molecule has 0 aliphatic rings. The highest BCUT2D eigenvalue weighted by Gasteiger charge is 2.44. The maximum atomic E-state index is 6.29. The zero-order valence-corrected chi connectivity index (χ0v) is 22.8. The molecule has 0 saturated heterocycles. The largest absolute Gasteiger partial charge is 0.379 e. The van der Waals surface area contributed by atoms with Crippen molar-refractivity contribution in [3.8, 4) is 0 Å². The highest BCUT2D eigenvalue weighted by Crippen LogP contribution is 2.28. The lowest BCUT2D eigenvalue weighted by Crippen LogP contribution is -2.53. The summed E-state index contributed by atoms with van der Waals surface area (Å²) < 4.78 is 47.1. The van der Waals surface area contributed by atoms with Gasteiger partial charge in [-0.3, -0.25) is 0 Å². The smallest absolute Gasteiger partial charge is 0.311 e. The summed E-state index contributed by atoms with van der Waals surface area (Å²) in [6, 6.07) is 0. The highest BCUT2D eigenvalue weighted by molar-refractivity contribution is 4.74. The molecular weight excluding hydrogens is 440 g/mol. The van der Waals surface area contributed by atoms with E-state index in [1.54, 1.807) is 0 Å². The number of hydrogen-bond donors (Lipinski definition) is 0. The molecule has 0 N–H and O–H groups in total. The number of hydrogen-bond acceptors (Lipinski definition) is 8. The van der Waals surface area contributed by atoms with E-state index in [4.69, 9.17) is 37.9 Å². The van der Waals surface area contributed by atoms with Gasteiger partial charge in [-0.15, -0.1) is 0 Å². The predicted molar refractivity (Wildman–Crippen MR) is 134 cm³/mol. The zero-order valence-electron chi connectivity index (χ0n) is 22.8. The summed E-state index contributed by atoms with van der Waals surface area (Å²) in [5.41, 5.74) is 0. The molecule has 0 aliphatic heterocycles. The van der Waals surface area contributed by atoms with Gasteiger partial charge < -0.3 is 37.9 Å². The van der Waals surface area contributed by atoms with Crippen LogP contribution in [0.15, 0.2) is 0 Å². The van der Waals surface area contributed by atoms with Crippen LogP contribution >= 0.6 is 0 Å². The molecule has 0 amide bonds. The van der Waals surface area contributed by atoms with E-state index in [2.05, 4.69) is 6.92 Å². The molecule has 8 heteroatoms. The zero-order chi connectivity index (χ0) is 25.2. The quantitative estimate of drug-likeness (QED) is 0.111. The van der Waals surface area contributed by atoms with Crippen molar-refractivity contribution in [2.75, 3.05) is 79.3 Å². The normalized spacial score (nSPS) is 13.0. The molecule has 0 saturated carbocycles. The van der Waals surface area contributed by atoms with E-state index >= 15 is 0 Å². The molecule has 0 spiro atoms. The average molecular weight is 495 g/mol. The van der Waals surface area contributed by atoms with Gasteiger partial charge >= 0.3 is 5.97 Å². The summed E-state index contributed by atoms with van der Waals surface area (Å²) in [6.07, 6.45) is 7.48. The van der Waals surface area contributed by atoms with E-state index in [0.29, 0.717) is 79.3 Å². The van der Waals surface area contributed by atoms with Gasteiger partial charge in [-0.2, -0.15) is 0 Å². The van der Waals surface area contributed by atoms with Crippen molar-refractivity contribution in [2.24, 2.45) is 0 Å². The van der Waals surface area contributed by atoms with Crippen molar-refractivity contribution >= 4 is 0 Å². The van der Waals surface area contributed by atoms with Crippen molar-refractivity contribution < 1.29 is 37.9 Å². The highest BCUT2D eigenvalue weighted by atomic mass is 16.9. The minimum atomic E-state index is -1.36. The lowest BCUT2D eigenvalue weighted by atomic mass is 10.1. The van der Waals surface area contributed by atoms with E-state index in [-0.39, 0.29) is 0 Å². The average Bonchev–Trinajstić information content (AvgIpc) is 2.85. The van der Waals surface area contributed by atoms with Gasteiger partial charge in [0.2, 0.25) is 0 Å². The van der Waals surface area contributed by atoms with E-state index in [1.165, 1.54) is 25.7 Å². The molecule has 0 heterocycles. The number of rotatable bonds is 28. The third-order valence-corrected chi connectivity index (χ3v) is 5.17. The first-order valence-electron chi connectivity index (χ1n) is 13.5. The molecule has 0 aromatic heterocycles. The van der Waals surface area contributed by atoms with Crippen molar-refractivity contribution in [3.05, 3.63) is 0 Å². The van der Waals surface area contributed by atoms with Gasteiger partial charge in [0.25, 0.3) is 0 Å². The van der Waals surface area contributed by atoms with Gasteiger partial charge in [-0.05, 0) is 34.1 Å². The molecule has 0 radical (unpaired) electrons. The monoisotopic (exact) mass is 494 g/mol. The van der Waals surface area contributed by atoms with Gasteiger partial charge in [0.05, 0.1) is 52.9 Å². The second kappa shape index (κ2) is 25.8. The molecule has 34 heavy (non-hydrogen) atoms. The molecule has 1 atom stereocenters. The first-order valence-corrected chi connectivity index (χ1v) is 13.5. The van der Waals surface area contributed by atoms with Gasteiger partial charge in [-0.25, -0.2) is 0 Å². The van der Waals surface area contributed by atoms with Gasteiger partial charge in [0, 0.05) is 26.4 Å². The number of ether oxygens (including phenoxy) is 8. The Hall–Kier alpha value is -0.320. The SMILES string of the molecule is CCCCCCCCC(OCCOCC)C(OCCOCC)(OCCOCC)OCCOCC. The van der Waals surface area contributed by atoms with Crippen LogP contribution in [0.2, 0.25) is 0 Å². The molecule has 0 rings (SSSR count). The van der Waals surface area contributed by atoms with Crippen LogP contribution in [0, 0.1) is 0 Å². The van der Waals surface area contributed by atoms with Crippen LogP contribution < -0.4 is 0 Å². The molecule has 0 aliphatic carbocycles. The first-order chi connectivity index (χ1) is 16.7. The predicted octanol–water partition coefficient (Wildman–Crippen LogP) is 4.97. The Balaban J connectivity index is 5.43. The Kier molecular flexibility index (Phi) is 25.5. The van der Waals surface area contributed by atoms with Crippen LogP contribution in [0.5, 0.6) is 0 Å². The third-order valence-electron chi connectivity index (χ3n) is 5.17. The Labute approximate surface area is 209 Å². The molecule has 0 aromatic rings. The van der Waals surface area contributed by atoms with Crippen molar-refractivity contribution in [1.82, 2.24) is 0 Å².